The molecule has 1 rings (SSSR count). The number of rotatable bonds is 5. The Kier molecular flexibility index (Phi) is 4.35. The van der Waals surface area contributed by atoms with Crippen LogP contribution in [-0.2, 0) is 0 Å². The predicted molar refractivity (Wildman–Crippen MR) is 75.8 cm³/mol. The maximum Gasteiger partial charge on any atom is 0.250 e. The van der Waals surface area contributed by atoms with Crippen LogP contribution in [0.2, 0.25) is 0 Å². The van der Waals surface area contributed by atoms with E-state index in [1.54, 1.807) is 6.07 Å². The molecule has 0 unspecified atom stereocenters. The highest BCUT2D eigenvalue weighted by Crippen LogP contribution is 2.24. The molecule has 0 saturated carbocycles. The molecule has 100 valence electrons. The number of benzene rings is 1. The highest BCUT2D eigenvalue weighted by Gasteiger charge is 2.20. The van der Waals surface area contributed by atoms with Gasteiger partial charge in [-0.25, -0.2) is 0 Å². The van der Waals surface area contributed by atoms with Gasteiger partial charge in [0.1, 0.15) is 0 Å². The normalized spacial score (nSPS) is 11.4. The van der Waals surface area contributed by atoms with Gasteiger partial charge in [0.15, 0.2) is 0 Å². The fourth-order valence-electron chi connectivity index (χ4n) is 1.96. The molecule has 0 atom stereocenters. The van der Waals surface area contributed by atoms with Gasteiger partial charge in [-0.1, -0.05) is 19.9 Å². The largest absolute Gasteiger partial charge is 0.373 e. The van der Waals surface area contributed by atoms with Crippen molar-refractivity contribution >= 4 is 11.6 Å². The summed E-state index contributed by atoms with van der Waals surface area (Å²) >= 11 is 0. The van der Waals surface area contributed by atoms with Gasteiger partial charge in [-0.3, -0.25) is 4.79 Å². The van der Waals surface area contributed by atoms with Crippen molar-refractivity contribution in [3.05, 3.63) is 29.3 Å². The number of hydrogen-bond donors (Lipinski definition) is 2. The van der Waals surface area contributed by atoms with Crippen molar-refractivity contribution in [3.8, 4) is 0 Å². The first-order valence-electron chi connectivity index (χ1n) is 6.08. The second-order valence-electron chi connectivity index (χ2n) is 5.61. The summed E-state index contributed by atoms with van der Waals surface area (Å²) in [6.45, 7) is 7.56. The first kappa shape index (κ1) is 14.5. The van der Waals surface area contributed by atoms with Crippen LogP contribution in [0.4, 0.5) is 5.69 Å². The Bertz CT molecular complexity index is 441. The average molecular weight is 249 g/mol. The standard InChI is InChI=1S/C14H23N3O/c1-10-5-6-11(13(16)18)12(7-10)17(4)9-14(2,3)8-15/h5-7H,8-9,15H2,1-4H3,(H2,16,18). The van der Waals surface area contributed by atoms with Gasteiger partial charge >= 0.3 is 0 Å². The van der Waals surface area contributed by atoms with Gasteiger partial charge in [0.05, 0.1) is 5.56 Å². The SMILES string of the molecule is Cc1ccc(C(N)=O)c(N(C)CC(C)(C)CN)c1. The summed E-state index contributed by atoms with van der Waals surface area (Å²) in [4.78, 5) is 13.5. The second kappa shape index (κ2) is 5.40. The minimum atomic E-state index is -0.401. The molecule has 0 aliphatic rings. The van der Waals surface area contributed by atoms with Crippen molar-refractivity contribution in [3.63, 3.8) is 0 Å². The van der Waals surface area contributed by atoms with Gasteiger partial charge in [-0.2, -0.15) is 0 Å². The number of aryl methyl sites for hydroxylation is 1. The van der Waals surface area contributed by atoms with E-state index < -0.39 is 5.91 Å². The Hall–Kier alpha value is -1.55. The summed E-state index contributed by atoms with van der Waals surface area (Å²) in [6, 6.07) is 5.65. The number of nitrogens with zero attached hydrogens (tertiary/aromatic N) is 1. The van der Waals surface area contributed by atoms with Gasteiger partial charge in [0, 0.05) is 19.3 Å². The van der Waals surface area contributed by atoms with Crippen LogP contribution in [0, 0.1) is 12.3 Å². The molecule has 0 heterocycles. The molecule has 4 nitrogen and oxygen atoms in total. The maximum atomic E-state index is 11.4. The van der Waals surface area contributed by atoms with E-state index in [4.69, 9.17) is 11.5 Å². The highest BCUT2D eigenvalue weighted by atomic mass is 16.1. The Morgan fingerprint density at radius 2 is 2.00 bits per heavy atom. The smallest absolute Gasteiger partial charge is 0.250 e. The third-order valence-electron chi connectivity index (χ3n) is 3.05. The van der Waals surface area contributed by atoms with Crippen molar-refractivity contribution in [2.24, 2.45) is 16.9 Å². The van der Waals surface area contributed by atoms with E-state index in [2.05, 4.69) is 13.8 Å². The molecule has 0 bridgehead atoms. The summed E-state index contributed by atoms with van der Waals surface area (Å²) in [6.07, 6.45) is 0. The van der Waals surface area contributed by atoms with E-state index in [1.165, 1.54) is 0 Å². The van der Waals surface area contributed by atoms with Crippen LogP contribution in [0.3, 0.4) is 0 Å². The topological polar surface area (TPSA) is 72.4 Å². The zero-order chi connectivity index (χ0) is 13.9. The van der Waals surface area contributed by atoms with Crippen molar-refractivity contribution < 1.29 is 4.79 Å². The first-order chi connectivity index (χ1) is 8.26. The summed E-state index contributed by atoms with van der Waals surface area (Å²) < 4.78 is 0. The number of carbonyl (C=O) groups excluding carboxylic acids is 1. The third-order valence-corrected chi connectivity index (χ3v) is 3.05. The number of amides is 1. The molecule has 1 aromatic rings. The van der Waals surface area contributed by atoms with Crippen LogP contribution >= 0.6 is 0 Å². The molecule has 1 amide bonds. The van der Waals surface area contributed by atoms with Crippen LogP contribution in [0.5, 0.6) is 0 Å². The number of anilines is 1. The van der Waals surface area contributed by atoms with E-state index in [0.717, 1.165) is 17.8 Å². The lowest BCUT2D eigenvalue weighted by Gasteiger charge is -2.31. The molecule has 4 N–H and O–H groups in total. The van der Waals surface area contributed by atoms with E-state index >= 15 is 0 Å². The molecular formula is C14H23N3O. The number of hydrogen-bond acceptors (Lipinski definition) is 3. The Morgan fingerprint density at radius 1 is 1.39 bits per heavy atom. The average Bonchev–Trinajstić information content (AvgIpc) is 2.28. The summed E-state index contributed by atoms with van der Waals surface area (Å²) in [5, 5.41) is 0. The Balaban J connectivity index is 3.07. The Labute approximate surface area is 109 Å². The molecule has 18 heavy (non-hydrogen) atoms. The van der Waals surface area contributed by atoms with Crippen LogP contribution in [-0.4, -0.2) is 26.0 Å². The molecule has 0 saturated heterocycles. The minimum Gasteiger partial charge on any atom is -0.373 e. The van der Waals surface area contributed by atoms with Gasteiger partial charge < -0.3 is 16.4 Å². The number of nitrogens with two attached hydrogens (primary N) is 2. The molecule has 0 radical (unpaired) electrons. The molecule has 0 aliphatic carbocycles. The van der Waals surface area contributed by atoms with Crippen molar-refractivity contribution in [2.75, 3.05) is 25.0 Å². The first-order valence-corrected chi connectivity index (χ1v) is 6.08. The van der Waals surface area contributed by atoms with Gasteiger partial charge in [0.25, 0.3) is 5.91 Å². The monoisotopic (exact) mass is 249 g/mol. The third kappa shape index (κ3) is 3.47. The number of primary amides is 1. The summed E-state index contributed by atoms with van der Waals surface area (Å²) in [5.74, 6) is -0.401. The highest BCUT2D eigenvalue weighted by molar-refractivity contribution is 5.98. The maximum absolute atomic E-state index is 11.4. The fraction of sp³-hybridized carbons (Fsp3) is 0.500. The zero-order valence-electron chi connectivity index (χ0n) is 11.7. The van der Waals surface area contributed by atoms with E-state index in [1.807, 2.05) is 31.0 Å². The lowest BCUT2D eigenvalue weighted by atomic mass is 9.92. The minimum absolute atomic E-state index is 0.00654. The van der Waals surface area contributed by atoms with Crippen LogP contribution in [0.15, 0.2) is 18.2 Å². The predicted octanol–water partition coefficient (Wildman–Crippen LogP) is 1.52. The van der Waals surface area contributed by atoms with Gasteiger partial charge in [-0.15, -0.1) is 0 Å². The molecule has 0 aromatic heterocycles. The summed E-state index contributed by atoms with van der Waals surface area (Å²) in [7, 11) is 1.96. The molecule has 0 aliphatic heterocycles. The van der Waals surface area contributed by atoms with Crippen LogP contribution in [0.25, 0.3) is 0 Å². The van der Waals surface area contributed by atoms with Gasteiger partial charge in [0.2, 0.25) is 0 Å². The van der Waals surface area contributed by atoms with Crippen LogP contribution in [0.1, 0.15) is 29.8 Å². The van der Waals surface area contributed by atoms with Crippen molar-refractivity contribution in [2.45, 2.75) is 20.8 Å². The molecular weight excluding hydrogens is 226 g/mol. The molecule has 1 aromatic carbocycles. The lowest BCUT2D eigenvalue weighted by molar-refractivity contribution is 0.100. The number of carbonyl (C=O) groups is 1. The molecule has 0 fully saturated rings. The molecule has 4 heteroatoms. The second-order valence-corrected chi connectivity index (χ2v) is 5.61. The van der Waals surface area contributed by atoms with E-state index in [0.29, 0.717) is 12.1 Å². The van der Waals surface area contributed by atoms with Crippen molar-refractivity contribution in [1.29, 1.82) is 0 Å². The molecule has 0 spiro atoms. The zero-order valence-corrected chi connectivity index (χ0v) is 11.7. The Morgan fingerprint density at radius 3 is 2.50 bits per heavy atom. The van der Waals surface area contributed by atoms with Gasteiger partial charge in [-0.05, 0) is 36.6 Å². The van der Waals surface area contributed by atoms with Crippen LogP contribution < -0.4 is 16.4 Å². The quantitative estimate of drug-likeness (QED) is 0.831. The van der Waals surface area contributed by atoms with E-state index in [-0.39, 0.29) is 5.41 Å². The lowest BCUT2D eigenvalue weighted by Crippen LogP contribution is -2.37. The fourth-order valence-corrected chi connectivity index (χ4v) is 1.96. The summed E-state index contributed by atoms with van der Waals surface area (Å²) in [5.41, 5.74) is 13.7. The van der Waals surface area contributed by atoms with E-state index in [9.17, 15) is 4.79 Å². The van der Waals surface area contributed by atoms with Crippen molar-refractivity contribution in [1.82, 2.24) is 0 Å².